The first-order chi connectivity index (χ1) is 12.0. The minimum absolute atomic E-state index is 0.151. The van der Waals surface area contributed by atoms with Crippen molar-refractivity contribution in [3.63, 3.8) is 0 Å². The number of likely N-dealkylation sites (tertiary alicyclic amines) is 1. The van der Waals surface area contributed by atoms with Crippen molar-refractivity contribution >= 4 is 12.0 Å². The molecule has 0 radical (unpaired) electrons. The van der Waals surface area contributed by atoms with Gasteiger partial charge in [-0.25, -0.2) is 4.79 Å². The predicted octanol–water partition coefficient (Wildman–Crippen LogP) is 2.46. The van der Waals surface area contributed by atoms with Crippen LogP contribution in [0.4, 0.5) is 4.79 Å². The van der Waals surface area contributed by atoms with Crippen molar-refractivity contribution in [2.24, 2.45) is 0 Å². The summed E-state index contributed by atoms with van der Waals surface area (Å²) >= 11 is 0. The summed E-state index contributed by atoms with van der Waals surface area (Å²) in [6, 6.07) is 7.95. The molecule has 0 aromatic heterocycles. The summed E-state index contributed by atoms with van der Waals surface area (Å²) in [5.74, 6) is 0.993. The molecule has 1 aromatic rings. The number of ether oxygens (including phenoxy) is 2. The lowest BCUT2D eigenvalue weighted by atomic mass is 9.92. The lowest BCUT2D eigenvalue weighted by Crippen LogP contribution is -2.52. The van der Waals surface area contributed by atoms with E-state index in [1.54, 1.807) is 19.1 Å². The largest absolute Gasteiger partial charge is 0.497 e. The highest BCUT2D eigenvalue weighted by Crippen LogP contribution is 2.31. The Kier molecular flexibility index (Phi) is 5.16. The molecule has 136 valence electrons. The fraction of sp³-hybridized carbons (Fsp3) is 0.579. The van der Waals surface area contributed by atoms with E-state index in [9.17, 15) is 9.59 Å². The number of benzene rings is 1. The number of amides is 2. The summed E-state index contributed by atoms with van der Waals surface area (Å²) in [7, 11) is 3.39. The van der Waals surface area contributed by atoms with E-state index in [-0.39, 0.29) is 12.0 Å². The molecule has 2 fully saturated rings. The van der Waals surface area contributed by atoms with E-state index in [1.807, 2.05) is 29.2 Å². The van der Waals surface area contributed by atoms with Crippen molar-refractivity contribution in [2.45, 2.75) is 37.7 Å². The van der Waals surface area contributed by atoms with E-state index >= 15 is 0 Å². The maximum Gasteiger partial charge on any atom is 0.410 e. The van der Waals surface area contributed by atoms with Gasteiger partial charge in [0.1, 0.15) is 11.4 Å². The van der Waals surface area contributed by atoms with Crippen molar-refractivity contribution in [3.05, 3.63) is 29.8 Å². The molecular weight excluding hydrogens is 320 g/mol. The van der Waals surface area contributed by atoms with Gasteiger partial charge in [-0.3, -0.25) is 4.79 Å². The molecule has 1 spiro atoms. The van der Waals surface area contributed by atoms with E-state index in [4.69, 9.17) is 9.47 Å². The molecule has 0 aliphatic carbocycles. The molecule has 1 unspecified atom stereocenters. The van der Waals surface area contributed by atoms with Crippen LogP contribution < -0.4 is 4.74 Å². The summed E-state index contributed by atoms with van der Waals surface area (Å²) in [5, 5.41) is 0. The van der Waals surface area contributed by atoms with Crippen LogP contribution >= 0.6 is 0 Å². The molecule has 6 heteroatoms. The Morgan fingerprint density at radius 2 is 2.04 bits per heavy atom. The van der Waals surface area contributed by atoms with E-state index < -0.39 is 5.60 Å². The quantitative estimate of drug-likeness (QED) is 0.822. The number of aryl methyl sites for hydroxylation is 1. The standard InChI is InChI=1S/C19H26N2O4/c1-20-13-19(25-18(20)23)11-4-12-21(14-19)17(22)6-3-5-15-7-9-16(24-2)10-8-15/h7-10H,3-6,11-14H2,1-2H3. The number of nitrogens with zero attached hydrogens (tertiary/aromatic N) is 2. The van der Waals surface area contributed by atoms with E-state index in [1.165, 1.54) is 5.56 Å². The number of piperidine rings is 1. The van der Waals surface area contributed by atoms with Crippen LogP contribution in [0.5, 0.6) is 5.75 Å². The fourth-order valence-electron chi connectivity index (χ4n) is 3.71. The summed E-state index contributed by atoms with van der Waals surface area (Å²) < 4.78 is 10.7. The molecule has 3 rings (SSSR count). The van der Waals surface area contributed by atoms with Crippen LogP contribution in [0.2, 0.25) is 0 Å². The van der Waals surface area contributed by atoms with Crippen LogP contribution in [-0.4, -0.2) is 61.2 Å². The van der Waals surface area contributed by atoms with E-state index in [0.29, 0.717) is 19.5 Å². The summed E-state index contributed by atoms with van der Waals surface area (Å²) in [5.41, 5.74) is 0.700. The average Bonchev–Trinajstić information content (AvgIpc) is 2.88. The zero-order valence-electron chi connectivity index (χ0n) is 15.0. The van der Waals surface area contributed by atoms with Gasteiger partial charge in [-0.1, -0.05) is 12.1 Å². The monoisotopic (exact) mass is 346 g/mol. The Bertz CT molecular complexity index is 631. The molecule has 2 heterocycles. The zero-order valence-corrected chi connectivity index (χ0v) is 15.0. The van der Waals surface area contributed by atoms with Crippen LogP contribution in [-0.2, 0) is 16.0 Å². The summed E-state index contributed by atoms with van der Waals surface area (Å²) in [4.78, 5) is 27.7. The van der Waals surface area contributed by atoms with Crippen LogP contribution in [0, 0.1) is 0 Å². The van der Waals surface area contributed by atoms with E-state index in [2.05, 4.69) is 0 Å². The van der Waals surface area contributed by atoms with Crippen molar-refractivity contribution in [2.75, 3.05) is 33.8 Å². The second-order valence-corrected chi connectivity index (χ2v) is 7.03. The Labute approximate surface area is 148 Å². The SMILES string of the molecule is COc1ccc(CCCC(=O)N2CCCC3(CN(C)C(=O)O3)C2)cc1. The van der Waals surface area contributed by atoms with Crippen LogP contribution in [0.1, 0.15) is 31.2 Å². The number of rotatable bonds is 5. The zero-order chi connectivity index (χ0) is 17.9. The molecule has 2 aliphatic heterocycles. The molecule has 2 amide bonds. The normalized spacial score (nSPS) is 23.0. The van der Waals surface area contributed by atoms with Gasteiger partial charge in [0.05, 0.1) is 20.2 Å². The fourth-order valence-corrected chi connectivity index (χ4v) is 3.71. The van der Waals surface area contributed by atoms with Gasteiger partial charge in [-0.2, -0.15) is 0 Å². The average molecular weight is 346 g/mol. The molecular formula is C19H26N2O4. The molecule has 2 aliphatic rings. The lowest BCUT2D eigenvalue weighted by molar-refractivity contribution is -0.136. The highest BCUT2D eigenvalue weighted by atomic mass is 16.6. The first kappa shape index (κ1) is 17.6. The number of hydrogen-bond donors (Lipinski definition) is 0. The first-order valence-corrected chi connectivity index (χ1v) is 8.86. The molecule has 25 heavy (non-hydrogen) atoms. The van der Waals surface area contributed by atoms with Gasteiger partial charge in [-0.05, 0) is 43.4 Å². The first-order valence-electron chi connectivity index (χ1n) is 8.86. The number of methoxy groups -OCH3 is 1. The third-order valence-electron chi connectivity index (χ3n) is 5.05. The molecule has 6 nitrogen and oxygen atoms in total. The Morgan fingerprint density at radius 1 is 1.28 bits per heavy atom. The van der Waals surface area contributed by atoms with Gasteiger partial charge in [0.15, 0.2) is 0 Å². The van der Waals surface area contributed by atoms with Crippen LogP contribution in [0.3, 0.4) is 0 Å². The van der Waals surface area contributed by atoms with Gasteiger partial charge < -0.3 is 19.3 Å². The smallest absolute Gasteiger partial charge is 0.410 e. The number of likely N-dealkylation sites (N-methyl/N-ethyl adjacent to an activating group) is 1. The van der Waals surface area contributed by atoms with Gasteiger partial charge in [0.2, 0.25) is 5.91 Å². The second kappa shape index (κ2) is 7.33. The summed E-state index contributed by atoms with van der Waals surface area (Å²) in [6.45, 7) is 1.84. The minimum atomic E-state index is -0.504. The molecule has 2 saturated heterocycles. The number of hydrogen-bond acceptors (Lipinski definition) is 4. The molecule has 0 bridgehead atoms. The molecule has 1 atom stereocenters. The van der Waals surface area contributed by atoms with Crippen molar-refractivity contribution in [1.29, 1.82) is 0 Å². The summed E-state index contributed by atoms with van der Waals surface area (Å²) in [6.07, 6.45) is 3.63. The predicted molar refractivity (Wildman–Crippen MR) is 93.6 cm³/mol. The Hall–Kier alpha value is -2.24. The van der Waals surface area contributed by atoms with Crippen molar-refractivity contribution in [1.82, 2.24) is 9.80 Å². The number of carbonyl (C=O) groups is 2. The molecule has 0 saturated carbocycles. The van der Waals surface area contributed by atoms with Gasteiger partial charge >= 0.3 is 6.09 Å². The van der Waals surface area contributed by atoms with Gasteiger partial charge in [0, 0.05) is 20.0 Å². The van der Waals surface area contributed by atoms with E-state index in [0.717, 1.165) is 38.0 Å². The molecule has 1 aromatic carbocycles. The maximum absolute atomic E-state index is 12.5. The second-order valence-electron chi connectivity index (χ2n) is 7.03. The lowest BCUT2D eigenvalue weighted by Gasteiger charge is -2.38. The highest BCUT2D eigenvalue weighted by molar-refractivity contribution is 5.77. The Balaban J connectivity index is 1.48. The van der Waals surface area contributed by atoms with Gasteiger partial charge in [-0.15, -0.1) is 0 Å². The van der Waals surface area contributed by atoms with Crippen LogP contribution in [0.25, 0.3) is 0 Å². The van der Waals surface area contributed by atoms with Crippen molar-refractivity contribution < 1.29 is 19.1 Å². The number of carbonyl (C=O) groups excluding carboxylic acids is 2. The van der Waals surface area contributed by atoms with Crippen LogP contribution in [0.15, 0.2) is 24.3 Å². The third-order valence-corrected chi connectivity index (χ3v) is 5.05. The third kappa shape index (κ3) is 4.06. The maximum atomic E-state index is 12.5. The topological polar surface area (TPSA) is 59.1 Å². The molecule has 0 N–H and O–H groups in total. The Morgan fingerprint density at radius 3 is 2.68 bits per heavy atom. The highest BCUT2D eigenvalue weighted by Gasteiger charge is 2.47. The minimum Gasteiger partial charge on any atom is -0.497 e. The van der Waals surface area contributed by atoms with Crippen molar-refractivity contribution in [3.8, 4) is 5.75 Å². The van der Waals surface area contributed by atoms with Gasteiger partial charge in [0.25, 0.3) is 0 Å².